The maximum atomic E-state index is 10.4. The van der Waals surface area contributed by atoms with E-state index in [4.69, 9.17) is 5.11 Å². The van der Waals surface area contributed by atoms with Crippen LogP contribution in [0.25, 0.3) is 0 Å². The van der Waals surface area contributed by atoms with Gasteiger partial charge in [-0.1, -0.05) is 0 Å². The standard InChI is InChI=1S/C7H11NO3/c9-5-8-3-1-6(2-4-8)7(10)11/h5-6H,1-4H2,(H,10,11). The average Bonchev–Trinajstić information content (AvgIpc) is 2.05. The Balaban J connectivity index is 2.35. The highest BCUT2D eigenvalue weighted by molar-refractivity contribution is 5.70. The monoisotopic (exact) mass is 157 g/mol. The van der Waals surface area contributed by atoms with Gasteiger partial charge in [0.05, 0.1) is 5.92 Å². The Morgan fingerprint density at radius 2 is 2.00 bits per heavy atom. The predicted octanol–water partition coefficient (Wildman–Crippen LogP) is -0.0606. The SMILES string of the molecule is O=CN1CCC(C(=O)O)CC1. The average molecular weight is 157 g/mol. The zero-order valence-corrected chi connectivity index (χ0v) is 6.19. The van der Waals surface area contributed by atoms with Crippen LogP contribution in [0.15, 0.2) is 0 Å². The van der Waals surface area contributed by atoms with Gasteiger partial charge >= 0.3 is 5.97 Å². The number of nitrogens with zero attached hydrogens (tertiary/aromatic N) is 1. The smallest absolute Gasteiger partial charge is 0.306 e. The van der Waals surface area contributed by atoms with E-state index in [0.717, 1.165) is 6.41 Å². The normalized spacial score (nSPS) is 19.8. The third-order valence-electron chi connectivity index (χ3n) is 2.03. The molecular formula is C7H11NO3. The van der Waals surface area contributed by atoms with Crippen molar-refractivity contribution in [2.45, 2.75) is 12.8 Å². The van der Waals surface area contributed by atoms with Gasteiger partial charge in [-0.3, -0.25) is 9.59 Å². The molecule has 1 fully saturated rings. The highest BCUT2D eigenvalue weighted by Crippen LogP contribution is 2.15. The number of hydrogen-bond donors (Lipinski definition) is 1. The molecule has 1 heterocycles. The molecule has 0 atom stereocenters. The number of carboxylic acid groups (broad SMARTS) is 1. The molecule has 0 spiro atoms. The summed E-state index contributed by atoms with van der Waals surface area (Å²) in [6.45, 7) is 1.17. The molecule has 0 aromatic heterocycles. The fraction of sp³-hybridized carbons (Fsp3) is 0.714. The molecule has 1 N–H and O–H groups in total. The third kappa shape index (κ3) is 1.93. The highest BCUT2D eigenvalue weighted by Gasteiger charge is 2.23. The minimum absolute atomic E-state index is 0.244. The highest BCUT2D eigenvalue weighted by atomic mass is 16.4. The molecule has 0 aliphatic carbocycles. The second-order valence-electron chi connectivity index (χ2n) is 2.75. The molecule has 0 aromatic rings. The lowest BCUT2D eigenvalue weighted by atomic mass is 9.98. The van der Waals surface area contributed by atoms with Gasteiger partial charge in [-0.25, -0.2) is 0 Å². The fourth-order valence-electron chi connectivity index (χ4n) is 1.25. The van der Waals surface area contributed by atoms with E-state index in [-0.39, 0.29) is 5.92 Å². The molecule has 0 saturated carbocycles. The predicted molar refractivity (Wildman–Crippen MR) is 38.0 cm³/mol. The third-order valence-corrected chi connectivity index (χ3v) is 2.03. The van der Waals surface area contributed by atoms with Crippen LogP contribution in [0.3, 0.4) is 0 Å². The quantitative estimate of drug-likeness (QED) is 0.571. The molecule has 0 bridgehead atoms. The zero-order chi connectivity index (χ0) is 8.27. The van der Waals surface area contributed by atoms with Gasteiger partial charge < -0.3 is 10.0 Å². The van der Waals surface area contributed by atoms with E-state index in [2.05, 4.69) is 0 Å². The van der Waals surface area contributed by atoms with Crippen molar-refractivity contribution in [3.8, 4) is 0 Å². The Hall–Kier alpha value is -1.06. The Kier molecular flexibility index (Phi) is 2.46. The van der Waals surface area contributed by atoms with E-state index in [1.54, 1.807) is 4.90 Å². The lowest BCUT2D eigenvalue weighted by molar-refractivity contribution is -0.144. The Bertz CT molecular complexity index is 161. The van der Waals surface area contributed by atoms with Crippen LogP contribution >= 0.6 is 0 Å². The van der Waals surface area contributed by atoms with Crippen LogP contribution in [0.5, 0.6) is 0 Å². The topological polar surface area (TPSA) is 57.6 Å². The van der Waals surface area contributed by atoms with Crippen molar-refractivity contribution in [3.63, 3.8) is 0 Å². The Morgan fingerprint density at radius 3 is 2.36 bits per heavy atom. The van der Waals surface area contributed by atoms with Crippen molar-refractivity contribution >= 4 is 12.4 Å². The first-order valence-corrected chi connectivity index (χ1v) is 3.66. The van der Waals surface area contributed by atoms with Gasteiger partial charge in [0.15, 0.2) is 0 Å². The summed E-state index contributed by atoms with van der Waals surface area (Å²) in [5, 5.41) is 8.59. The molecule has 0 aromatic carbocycles. The minimum Gasteiger partial charge on any atom is -0.481 e. The number of amides is 1. The summed E-state index contributed by atoms with van der Waals surface area (Å²) >= 11 is 0. The number of carboxylic acids is 1. The molecule has 1 amide bonds. The van der Waals surface area contributed by atoms with Gasteiger partial charge in [-0.05, 0) is 12.8 Å². The van der Waals surface area contributed by atoms with Crippen molar-refractivity contribution in [3.05, 3.63) is 0 Å². The van der Waals surface area contributed by atoms with Crippen molar-refractivity contribution in [1.82, 2.24) is 4.90 Å². The lowest BCUT2D eigenvalue weighted by Gasteiger charge is -2.26. The van der Waals surface area contributed by atoms with E-state index in [9.17, 15) is 9.59 Å². The second-order valence-corrected chi connectivity index (χ2v) is 2.75. The summed E-state index contributed by atoms with van der Waals surface area (Å²) in [5.74, 6) is -0.984. The number of likely N-dealkylation sites (tertiary alicyclic amines) is 1. The molecule has 4 heteroatoms. The summed E-state index contributed by atoms with van der Waals surface area (Å²) in [7, 11) is 0. The number of aliphatic carboxylic acids is 1. The zero-order valence-electron chi connectivity index (χ0n) is 6.19. The summed E-state index contributed by atoms with van der Waals surface area (Å²) in [6.07, 6.45) is 1.96. The number of carbonyl (C=O) groups is 2. The first-order valence-electron chi connectivity index (χ1n) is 3.66. The Morgan fingerprint density at radius 1 is 1.45 bits per heavy atom. The number of rotatable bonds is 2. The molecule has 0 unspecified atom stereocenters. The van der Waals surface area contributed by atoms with E-state index in [1.165, 1.54) is 0 Å². The van der Waals surface area contributed by atoms with Crippen molar-refractivity contribution in [2.24, 2.45) is 5.92 Å². The molecule has 62 valence electrons. The van der Waals surface area contributed by atoms with Gasteiger partial charge in [-0.2, -0.15) is 0 Å². The Labute approximate surface area is 64.8 Å². The summed E-state index contributed by atoms with van der Waals surface area (Å²) in [5.41, 5.74) is 0. The van der Waals surface area contributed by atoms with Crippen LogP contribution in [-0.2, 0) is 9.59 Å². The van der Waals surface area contributed by atoms with Gasteiger partial charge in [-0.15, -0.1) is 0 Å². The van der Waals surface area contributed by atoms with Crippen LogP contribution < -0.4 is 0 Å². The van der Waals surface area contributed by atoms with Crippen molar-refractivity contribution < 1.29 is 14.7 Å². The van der Waals surface area contributed by atoms with E-state index >= 15 is 0 Å². The second kappa shape index (κ2) is 3.37. The van der Waals surface area contributed by atoms with Gasteiger partial charge in [0, 0.05) is 13.1 Å². The minimum atomic E-state index is -0.740. The molecule has 1 aliphatic heterocycles. The van der Waals surface area contributed by atoms with E-state index in [0.29, 0.717) is 25.9 Å². The van der Waals surface area contributed by atoms with E-state index in [1.807, 2.05) is 0 Å². The summed E-state index contributed by atoms with van der Waals surface area (Å²) in [4.78, 5) is 22.3. The van der Waals surface area contributed by atoms with Crippen molar-refractivity contribution in [1.29, 1.82) is 0 Å². The molecule has 1 rings (SSSR count). The number of carbonyl (C=O) groups excluding carboxylic acids is 1. The molecular weight excluding hydrogens is 146 g/mol. The molecule has 11 heavy (non-hydrogen) atoms. The molecule has 0 radical (unpaired) electrons. The van der Waals surface area contributed by atoms with Crippen LogP contribution in [0.1, 0.15) is 12.8 Å². The summed E-state index contributed by atoms with van der Waals surface area (Å²) < 4.78 is 0. The maximum absolute atomic E-state index is 10.4. The fourth-order valence-corrected chi connectivity index (χ4v) is 1.25. The number of hydrogen-bond acceptors (Lipinski definition) is 2. The van der Waals surface area contributed by atoms with Gasteiger partial charge in [0.1, 0.15) is 0 Å². The molecule has 1 aliphatic rings. The van der Waals surface area contributed by atoms with Crippen molar-refractivity contribution in [2.75, 3.05) is 13.1 Å². The van der Waals surface area contributed by atoms with E-state index < -0.39 is 5.97 Å². The first kappa shape index (κ1) is 8.04. The summed E-state index contributed by atoms with van der Waals surface area (Å²) in [6, 6.07) is 0. The van der Waals surface area contributed by atoms with Crippen LogP contribution in [0.4, 0.5) is 0 Å². The maximum Gasteiger partial charge on any atom is 0.306 e. The largest absolute Gasteiger partial charge is 0.481 e. The molecule has 1 saturated heterocycles. The lowest BCUT2D eigenvalue weighted by Crippen LogP contribution is -2.35. The first-order chi connectivity index (χ1) is 5.24. The number of piperidine rings is 1. The molecule has 4 nitrogen and oxygen atoms in total. The van der Waals surface area contributed by atoms with Gasteiger partial charge in [0.2, 0.25) is 6.41 Å². The van der Waals surface area contributed by atoms with Crippen LogP contribution in [0.2, 0.25) is 0 Å². The van der Waals surface area contributed by atoms with Crippen LogP contribution in [0, 0.1) is 5.92 Å². The van der Waals surface area contributed by atoms with Gasteiger partial charge in [0.25, 0.3) is 0 Å². The van der Waals surface area contributed by atoms with Crippen LogP contribution in [-0.4, -0.2) is 35.5 Å².